The summed E-state index contributed by atoms with van der Waals surface area (Å²) in [5, 5.41) is 4.76. The first-order chi connectivity index (χ1) is 7.29. The Morgan fingerprint density at radius 1 is 1.06 bits per heavy atom. The van der Waals surface area contributed by atoms with E-state index in [0.717, 1.165) is 0 Å². The van der Waals surface area contributed by atoms with Crippen LogP contribution < -0.4 is 0 Å². The van der Waals surface area contributed by atoms with Crippen LogP contribution >= 0.6 is 0 Å². The molecule has 16 heavy (non-hydrogen) atoms. The Labute approximate surface area is 106 Å². The third-order valence-corrected chi connectivity index (χ3v) is 57.8. The molecule has 0 atom stereocenters. The summed E-state index contributed by atoms with van der Waals surface area (Å²) in [6.45, 7) is 9.37. The summed E-state index contributed by atoms with van der Waals surface area (Å²) in [5.41, 5.74) is 0.194. The molecule has 1 nitrogen and oxygen atoms in total. The molecule has 1 aliphatic rings. The van der Waals surface area contributed by atoms with E-state index >= 15 is 0 Å². The summed E-state index contributed by atoms with van der Waals surface area (Å²) in [7, 11) is 0. The zero-order valence-corrected chi connectivity index (χ0v) is 16.3. The molecular weight excluding hydrogens is 317 g/mol. The Kier molecular flexibility index (Phi) is 5.05. The zero-order chi connectivity index (χ0) is 12.4. The maximum atomic E-state index is 6.65. The fourth-order valence-corrected chi connectivity index (χ4v) is 50.7. The van der Waals surface area contributed by atoms with Crippen LogP contribution in [0.25, 0.3) is 0 Å². The molecule has 0 amide bonds. The molecule has 1 fully saturated rings. The fraction of sp³-hybridized carbons (Fsp3) is 1.00. The van der Waals surface area contributed by atoms with Crippen LogP contribution in [0.15, 0.2) is 0 Å². The van der Waals surface area contributed by atoms with Gasteiger partial charge in [0.25, 0.3) is 0 Å². The Balaban J connectivity index is 2.92. The summed E-state index contributed by atoms with van der Waals surface area (Å²) in [4.78, 5) is 0. The van der Waals surface area contributed by atoms with Gasteiger partial charge in [0.1, 0.15) is 0 Å². The van der Waals surface area contributed by atoms with Crippen molar-refractivity contribution in [2.45, 2.75) is 79.8 Å². The first-order valence-electron chi connectivity index (χ1n) is 6.99. The minimum atomic E-state index is -1.91. The number of hydrogen-bond donors (Lipinski definition) is 0. The molecule has 0 radical (unpaired) electrons. The van der Waals surface area contributed by atoms with Gasteiger partial charge in [-0.1, -0.05) is 0 Å². The van der Waals surface area contributed by atoms with Crippen LogP contribution in [-0.2, 0) is 3.76 Å². The van der Waals surface area contributed by atoms with Crippen LogP contribution in [0.1, 0.15) is 47.0 Å². The Morgan fingerprint density at radius 3 is 1.94 bits per heavy atom. The minimum absolute atomic E-state index is 0.194. The van der Waals surface area contributed by atoms with Crippen molar-refractivity contribution in [1.82, 2.24) is 0 Å². The topological polar surface area (TPSA) is 9.23 Å². The Bertz CT molecular complexity index is 230. The maximum absolute atomic E-state index is 6.65. The SMILES string of the molecule is CC[CH2][Ge]1([CH2]CC)[CH2]CC(C)(C)[O][Ge]1([CH3])[CH3]. The van der Waals surface area contributed by atoms with E-state index in [-0.39, 0.29) is 5.60 Å². The summed E-state index contributed by atoms with van der Waals surface area (Å²) in [6.07, 6.45) is 4.14. The van der Waals surface area contributed by atoms with Crippen molar-refractivity contribution in [2.75, 3.05) is 0 Å². The molecule has 0 aromatic carbocycles. The van der Waals surface area contributed by atoms with Gasteiger partial charge in [-0.3, -0.25) is 0 Å². The zero-order valence-electron chi connectivity index (χ0n) is 12.2. The van der Waals surface area contributed by atoms with Crippen molar-refractivity contribution in [3.63, 3.8) is 0 Å². The normalized spacial score (nSPS) is 26.6. The average molecular weight is 348 g/mol. The van der Waals surface area contributed by atoms with Crippen LogP contribution in [0.2, 0.25) is 27.3 Å². The molecule has 0 unspecified atom stereocenters. The molecular formula is C13H30Ge2O. The molecule has 3 heteroatoms. The van der Waals surface area contributed by atoms with E-state index in [9.17, 15) is 0 Å². The van der Waals surface area contributed by atoms with Crippen molar-refractivity contribution in [1.29, 1.82) is 0 Å². The molecule has 1 heterocycles. The first-order valence-corrected chi connectivity index (χ1v) is 23.0. The third kappa shape index (κ3) is 3.08. The predicted molar refractivity (Wildman–Crippen MR) is 78.0 cm³/mol. The van der Waals surface area contributed by atoms with E-state index in [1.54, 1.807) is 15.8 Å². The molecule has 0 aliphatic carbocycles. The van der Waals surface area contributed by atoms with Crippen molar-refractivity contribution in [2.24, 2.45) is 0 Å². The number of rotatable bonds is 4. The third-order valence-electron chi connectivity index (χ3n) is 4.47. The van der Waals surface area contributed by atoms with Gasteiger partial charge in [-0.25, -0.2) is 0 Å². The standard InChI is InChI=1S/C13H30Ge2O/c1-7-10-15(11-8-2)12-9-13(3,4)16-14(15,5)6/h7-12H2,1-6H3. The van der Waals surface area contributed by atoms with Crippen LogP contribution in [-0.4, -0.2) is 28.5 Å². The molecule has 1 aliphatic heterocycles. The second-order valence-electron chi connectivity index (χ2n) is 6.65. The van der Waals surface area contributed by atoms with Gasteiger partial charge < -0.3 is 0 Å². The van der Waals surface area contributed by atoms with Gasteiger partial charge in [0.15, 0.2) is 0 Å². The van der Waals surface area contributed by atoms with Crippen LogP contribution in [0.4, 0.5) is 0 Å². The van der Waals surface area contributed by atoms with Crippen LogP contribution in [0, 0.1) is 0 Å². The van der Waals surface area contributed by atoms with E-state index < -0.39 is 22.9 Å². The van der Waals surface area contributed by atoms with Gasteiger partial charge >= 0.3 is 107 Å². The predicted octanol–water partition coefficient (Wildman–Crippen LogP) is 4.74. The van der Waals surface area contributed by atoms with Gasteiger partial charge in [0, 0.05) is 0 Å². The van der Waals surface area contributed by atoms with Crippen LogP contribution in [0.3, 0.4) is 0 Å². The van der Waals surface area contributed by atoms with Crippen molar-refractivity contribution in [3.05, 3.63) is 0 Å². The molecule has 1 saturated heterocycles. The quantitative estimate of drug-likeness (QED) is 0.668. The van der Waals surface area contributed by atoms with E-state index in [1.807, 2.05) is 0 Å². The van der Waals surface area contributed by atoms with E-state index in [0.29, 0.717) is 0 Å². The molecule has 0 N–H and O–H groups in total. The first kappa shape index (κ1) is 15.1. The summed E-state index contributed by atoms with van der Waals surface area (Å²) in [6, 6.07) is 0. The van der Waals surface area contributed by atoms with Crippen molar-refractivity contribution >= 4 is 22.9 Å². The molecule has 96 valence electrons. The molecule has 0 spiro atoms. The Hall–Kier alpha value is 1.05. The summed E-state index contributed by atoms with van der Waals surface area (Å²) >= 11 is -3.52. The second-order valence-corrected chi connectivity index (χ2v) is 46.6. The van der Waals surface area contributed by atoms with Crippen molar-refractivity contribution < 1.29 is 3.76 Å². The van der Waals surface area contributed by atoms with E-state index in [4.69, 9.17) is 3.76 Å². The van der Waals surface area contributed by atoms with Gasteiger partial charge in [-0.15, -0.1) is 0 Å². The van der Waals surface area contributed by atoms with Crippen molar-refractivity contribution in [3.8, 4) is 0 Å². The summed E-state index contributed by atoms with van der Waals surface area (Å²) in [5.74, 6) is 5.15. The number of hydrogen-bond acceptors (Lipinski definition) is 1. The van der Waals surface area contributed by atoms with E-state index in [1.165, 1.54) is 19.3 Å². The fourth-order valence-electron chi connectivity index (χ4n) is 3.63. The Morgan fingerprint density at radius 2 is 1.56 bits per heavy atom. The molecule has 0 bridgehead atoms. The average Bonchev–Trinajstić information content (AvgIpc) is 2.11. The van der Waals surface area contributed by atoms with E-state index in [2.05, 4.69) is 39.2 Å². The van der Waals surface area contributed by atoms with Gasteiger partial charge in [0.2, 0.25) is 0 Å². The van der Waals surface area contributed by atoms with Gasteiger partial charge in [-0.2, -0.15) is 0 Å². The van der Waals surface area contributed by atoms with Crippen LogP contribution in [0.5, 0.6) is 0 Å². The van der Waals surface area contributed by atoms with Gasteiger partial charge in [0.05, 0.1) is 0 Å². The van der Waals surface area contributed by atoms with Gasteiger partial charge in [-0.05, 0) is 0 Å². The molecule has 0 aromatic rings. The molecule has 1 rings (SSSR count). The monoisotopic (exact) mass is 350 g/mol. The second kappa shape index (κ2) is 5.35. The molecule has 0 aromatic heterocycles. The molecule has 0 saturated carbocycles. The summed E-state index contributed by atoms with van der Waals surface area (Å²) < 4.78 is 6.65.